The molecule has 0 radical (unpaired) electrons. The van der Waals surface area contributed by atoms with Crippen molar-refractivity contribution >= 4 is 12.1 Å². The van der Waals surface area contributed by atoms with Gasteiger partial charge in [0.1, 0.15) is 11.6 Å². The lowest BCUT2D eigenvalue weighted by molar-refractivity contribution is -0.146. The van der Waals surface area contributed by atoms with Crippen molar-refractivity contribution in [1.29, 1.82) is 0 Å². The van der Waals surface area contributed by atoms with E-state index in [0.29, 0.717) is 13.0 Å². The summed E-state index contributed by atoms with van der Waals surface area (Å²) in [6.45, 7) is 9.74. The van der Waals surface area contributed by atoms with E-state index in [2.05, 4.69) is 5.32 Å². The van der Waals surface area contributed by atoms with Crippen LogP contribution in [0.2, 0.25) is 0 Å². The number of hydrogen-bond donors (Lipinski definition) is 1. The quantitative estimate of drug-likeness (QED) is 0.608. The van der Waals surface area contributed by atoms with Crippen molar-refractivity contribution in [2.75, 3.05) is 13.2 Å². The molecule has 6 heteroatoms. The van der Waals surface area contributed by atoms with Crippen LogP contribution in [0.1, 0.15) is 41.0 Å². The van der Waals surface area contributed by atoms with Gasteiger partial charge in [0.15, 0.2) is 0 Å². The molecule has 1 heterocycles. The van der Waals surface area contributed by atoms with Gasteiger partial charge >= 0.3 is 12.1 Å². The maximum Gasteiger partial charge on any atom is 0.408 e. The van der Waals surface area contributed by atoms with Crippen LogP contribution in [-0.2, 0) is 19.0 Å². The van der Waals surface area contributed by atoms with Crippen molar-refractivity contribution in [2.45, 2.75) is 58.3 Å². The normalized spacial score (nSPS) is 23.4. The Morgan fingerprint density at radius 3 is 2.42 bits per heavy atom. The number of ether oxygens (including phenoxy) is 3. The third kappa shape index (κ3) is 5.92. The van der Waals surface area contributed by atoms with Crippen molar-refractivity contribution in [3.05, 3.63) is 0 Å². The number of epoxide rings is 1. The summed E-state index contributed by atoms with van der Waals surface area (Å²) < 4.78 is 15.3. The van der Waals surface area contributed by atoms with E-state index in [1.165, 1.54) is 0 Å². The van der Waals surface area contributed by atoms with E-state index >= 15 is 0 Å². The van der Waals surface area contributed by atoms with Crippen molar-refractivity contribution in [3.63, 3.8) is 0 Å². The van der Waals surface area contributed by atoms with Gasteiger partial charge in [-0.25, -0.2) is 9.59 Å². The Labute approximate surface area is 113 Å². The highest BCUT2D eigenvalue weighted by molar-refractivity contribution is 5.81. The largest absolute Gasteiger partial charge is 0.464 e. The van der Waals surface area contributed by atoms with Crippen molar-refractivity contribution in [2.24, 2.45) is 0 Å². The Kier molecular flexibility index (Phi) is 4.79. The molecule has 1 N–H and O–H groups in total. The van der Waals surface area contributed by atoms with Crippen molar-refractivity contribution in [1.82, 2.24) is 5.32 Å². The van der Waals surface area contributed by atoms with Gasteiger partial charge in [-0.1, -0.05) is 0 Å². The van der Waals surface area contributed by atoms with Gasteiger partial charge in [-0.2, -0.15) is 0 Å². The minimum absolute atomic E-state index is 0.267. The molecule has 0 aliphatic carbocycles. The number of amides is 1. The lowest BCUT2D eigenvalue weighted by Gasteiger charge is -2.23. The molecule has 1 fully saturated rings. The summed E-state index contributed by atoms with van der Waals surface area (Å²) in [4.78, 5) is 23.5. The Hall–Kier alpha value is -1.30. The SMILES string of the molecule is CCOC(=O)C(CC1(C)CO1)NC(=O)OC(C)(C)C. The van der Waals surface area contributed by atoms with Gasteiger partial charge in [0.25, 0.3) is 0 Å². The molecule has 1 rings (SSSR count). The van der Waals surface area contributed by atoms with Crippen LogP contribution in [0.5, 0.6) is 0 Å². The van der Waals surface area contributed by atoms with Crippen molar-refractivity contribution < 1.29 is 23.8 Å². The van der Waals surface area contributed by atoms with Crippen LogP contribution in [-0.4, -0.2) is 42.5 Å². The first-order chi connectivity index (χ1) is 8.65. The molecule has 1 aliphatic heterocycles. The highest BCUT2D eigenvalue weighted by Crippen LogP contribution is 2.31. The van der Waals surface area contributed by atoms with E-state index in [1.807, 2.05) is 6.92 Å². The lowest BCUT2D eigenvalue weighted by atomic mass is 10.0. The number of carbonyl (C=O) groups is 2. The predicted molar refractivity (Wildman–Crippen MR) is 68.8 cm³/mol. The van der Waals surface area contributed by atoms with Gasteiger partial charge in [0, 0.05) is 6.42 Å². The van der Waals surface area contributed by atoms with E-state index in [0.717, 1.165) is 0 Å². The number of carbonyl (C=O) groups excluding carboxylic acids is 2. The summed E-state index contributed by atoms with van der Waals surface area (Å²) in [7, 11) is 0. The molecule has 1 saturated heterocycles. The van der Waals surface area contributed by atoms with Crippen LogP contribution in [0, 0.1) is 0 Å². The maximum atomic E-state index is 11.8. The Morgan fingerprint density at radius 2 is 2.00 bits per heavy atom. The minimum atomic E-state index is -0.748. The molecule has 1 aliphatic rings. The monoisotopic (exact) mass is 273 g/mol. The predicted octanol–water partition coefficient (Wildman–Crippen LogP) is 1.62. The lowest BCUT2D eigenvalue weighted by Crippen LogP contribution is -2.46. The fraction of sp³-hybridized carbons (Fsp3) is 0.846. The molecule has 1 amide bonds. The minimum Gasteiger partial charge on any atom is -0.464 e. The van der Waals surface area contributed by atoms with E-state index in [-0.39, 0.29) is 12.2 Å². The van der Waals surface area contributed by atoms with E-state index < -0.39 is 23.7 Å². The average Bonchev–Trinajstić information content (AvgIpc) is 2.93. The summed E-state index contributed by atoms with van der Waals surface area (Å²) in [5.41, 5.74) is -0.963. The van der Waals surface area contributed by atoms with Gasteiger partial charge in [-0.3, -0.25) is 0 Å². The van der Waals surface area contributed by atoms with Crippen LogP contribution >= 0.6 is 0 Å². The van der Waals surface area contributed by atoms with Gasteiger partial charge < -0.3 is 19.5 Å². The first kappa shape index (κ1) is 15.8. The number of rotatable bonds is 5. The highest BCUT2D eigenvalue weighted by Gasteiger charge is 2.44. The second-order valence-electron chi connectivity index (χ2n) is 5.89. The third-order valence-electron chi connectivity index (χ3n) is 2.54. The number of alkyl carbamates (subject to hydrolysis) is 1. The van der Waals surface area contributed by atoms with E-state index in [4.69, 9.17) is 14.2 Å². The first-order valence-corrected chi connectivity index (χ1v) is 6.45. The fourth-order valence-electron chi connectivity index (χ4n) is 1.56. The Bertz CT molecular complexity index is 343. The van der Waals surface area contributed by atoms with Crippen LogP contribution in [0.4, 0.5) is 4.79 Å². The van der Waals surface area contributed by atoms with Gasteiger partial charge in [-0.05, 0) is 34.6 Å². The fourth-order valence-corrected chi connectivity index (χ4v) is 1.56. The molecular formula is C13H23NO5. The molecule has 0 saturated carbocycles. The molecule has 19 heavy (non-hydrogen) atoms. The summed E-state index contributed by atoms with van der Waals surface area (Å²) >= 11 is 0. The summed E-state index contributed by atoms with van der Waals surface area (Å²) in [5, 5.41) is 2.54. The second-order valence-corrected chi connectivity index (χ2v) is 5.89. The molecule has 0 aromatic heterocycles. The number of hydrogen-bond acceptors (Lipinski definition) is 5. The zero-order chi connectivity index (χ0) is 14.7. The molecule has 6 nitrogen and oxygen atoms in total. The Morgan fingerprint density at radius 1 is 1.42 bits per heavy atom. The molecule has 110 valence electrons. The second kappa shape index (κ2) is 5.77. The van der Waals surface area contributed by atoms with Crippen LogP contribution in [0.25, 0.3) is 0 Å². The van der Waals surface area contributed by atoms with Crippen molar-refractivity contribution in [3.8, 4) is 0 Å². The molecule has 0 spiro atoms. The summed E-state index contributed by atoms with van der Waals surface area (Å²) in [6.07, 6.45) is -0.250. The van der Waals surface area contributed by atoms with Gasteiger partial charge in [0.2, 0.25) is 0 Å². The van der Waals surface area contributed by atoms with E-state index in [9.17, 15) is 9.59 Å². The standard InChI is InChI=1S/C13H23NO5/c1-6-17-10(15)9(7-13(5)8-18-13)14-11(16)19-12(2,3)4/h9H,6-8H2,1-5H3,(H,14,16). The van der Waals surface area contributed by atoms with E-state index in [1.54, 1.807) is 27.7 Å². The summed E-state index contributed by atoms with van der Waals surface area (Å²) in [6, 6.07) is -0.748. The number of nitrogens with one attached hydrogen (secondary N) is 1. The van der Waals surface area contributed by atoms with Crippen LogP contribution in [0.15, 0.2) is 0 Å². The van der Waals surface area contributed by atoms with Crippen LogP contribution < -0.4 is 5.32 Å². The molecule has 2 unspecified atom stereocenters. The average molecular weight is 273 g/mol. The van der Waals surface area contributed by atoms with Gasteiger partial charge in [-0.15, -0.1) is 0 Å². The zero-order valence-electron chi connectivity index (χ0n) is 12.2. The topological polar surface area (TPSA) is 77.2 Å². The maximum absolute atomic E-state index is 11.8. The summed E-state index contributed by atoms with van der Waals surface area (Å²) in [5.74, 6) is -0.468. The van der Waals surface area contributed by atoms with Gasteiger partial charge in [0.05, 0.1) is 18.8 Å². The van der Waals surface area contributed by atoms with Crippen LogP contribution in [0.3, 0.4) is 0 Å². The molecule has 0 aromatic rings. The molecular weight excluding hydrogens is 250 g/mol. The first-order valence-electron chi connectivity index (χ1n) is 6.45. The smallest absolute Gasteiger partial charge is 0.408 e. The zero-order valence-corrected chi connectivity index (χ0v) is 12.2. The molecule has 2 atom stereocenters. The number of esters is 1. The molecule has 0 aromatic carbocycles. The Balaban J connectivity index is 2.58. The third-order valence-corrected chi connectivity index (χ3v) is 2.54. The highest BCUT2D eigenvalue weighted by atomic mass is 16.6. The molecule has 0 bridgehead atoms.